The number of carbonyl (C=O) groups excluding carboxylic acids is 1. The molecule has 2 aromatic heterocycles. The van der Waals surface area contributed by atoms with Crippen LogP contribution in [0.1, 0.15) is 10.4 Å². The monoisotopic (exact) mass is 322 g/mol. The van der Waals surface area contributed by atoms with Crippen LogP contribution in [0.2, 0.25) is 5.15 Å². The molecule has 18 heavy (non-hydrogen) atoms. The Labute approximate surface area is 116 Å². The minimum absolute atomic E-state index is 0.0631. The lowest BCUT2D eigenvalue weighted by Gasteiger charge is -1.97. The highest BCUT2D eigenvalue weighted by atomic mass is 79.9. The number of fused-ring (bicyclic) bond motifs is 3. The average Bonchev–Trinajstić information content (AvgIpc) is 2.74. The van der Waals surface area contributed by atoms with Crippen LogP contribution < -0.4 is 0 Å². The molecule has 5 heteroatoms. The number of rotatable bonds is 2. The fraction of sp³-hybridized carbons (Fsp3) is 0.0769. The summed E-state index contributed by atoms with van der Waals surface area (Å²) in [6, 6.07) is 9.24. The Hall–Kier alpha value is -1.39. The van der Waals surface area contributed by atoms with E-state index in [4.69, 9.17) is 11.6 Å². The molecule has 1 aromatic carbocycles. The third-order valence-electron chi connectivity index (χ3n) is 2.87. The molecule has 0 aliphatic heterocycles. The van der Waals surface area contributed by atoms with Crippen molar-refractivity contribution in [3.8, 4) is 0 Å². The number of aromatic nitrogens is 2. The summed E-state index contributed by atoms with van der Waals surface area (Å²) in [5.74, 6) is 0.0631. The first-order valence-electron chi connectivity index (χ1n) is 5.36. The standard InChI is InChI=1S/C13H8BrClN2O/c14-6-11(18)7-1-3-10-9(5-7)8-2-4-12(15)17-13(8)16-10/h1-5H,6H2,(H,16,17). The molecule has 0 spiro atoms. The molecule has 0 aliphatic rings. The van der Waals surface area contributed by atoms with Gasteiger partial charge in [-0.05, 0) is 30.3 Å². The Morgan fingerprint density at radius 2 is 2.11 bits per heavy atom. The number of hydrogen-bond acceptors (Lipinski definition) is 2. The molecular weight excluding hydrogens is 316 g/mol. The Morgan fingerprint density at radius 3 is 2.89 bits per heavy atom. The van der Waals surface area contributed by atoms with Gasteiger partial charge in [-0.15, -0.1) is 0 Å². The minimum atomic E-state index is 0.0631. The number of H-pyrrole nitrogens is 1. The number of ketones is 1. The number of alkyl halides is 1. The molecule has 0 amide bonds. The summed E-state index contributed by atoms with van der Waals surface area (Å²) in [5.41, 5.74) is 2.38. The molecule has 0 aliphatic carbocycles. The zero-order valence-corrected chi connectivity index (χ0v) is 11.5. The summed E-state index contributed by atoms with van der Waals surface area (Å²) in [6.45, 7) is 0. The number of nitrogens with zero attached hydrogens (tertiary/aromatic N) is 1. The number of aromatic amines is 1. The normalized spacial score (nSPS) is 11.2. The molecule has 0 saturated heterocycles. The van der Waals surface area contributed by atoms with Gasteiger partial charge in [0.05, 0.1) is 5.33 Å². The number of hydrogen-bond donors (Lipinski definition) is 1. The first kappa shape index (κ1) is 11.7. The van der Waals surface area contributed by atoms with E-state index in [1.54, 1.807) is 6.07 Å². The molecule has 3 rings (SSSR count). The second-order valence-electron chi connectivity index (χ2n) is 3.97. The molecule has 0 radical (unpaired) electrons. The molecule has 3 nitrogen and oxygen atoms in total. The Bertz CT molecular complexity index is 766. The van der Waals surface area contributed by atoms with Crippen molar-refractivity contribution in [2.24, 2.45) is 0 Å². The molecule has 1 N–H and O–H groups in total. The summed E-state index contributed by atoms with van der Waals surface area (Å²) in [7, 11) is 0. The van der Waals surface area contributed by atoms with Gasteiger partial charge in [-0.2, -0.15) is 0 Å². The molecule has 3 aromatic rings. The van der Waals surface area contributed by atoms with Gasteiger partial charge < -0.3 is 4.98 Å². The van der Waals surface area contributed by atoms with Gasteiger partial charge in [0.25, 0.3) is 0 Å². The molecule has 0 bridgehead atoms. The van der Waals surface area contributed by atoms with E-state index >= 15 is 0 Å². The van der Waals surface area contributed by atoms with Gasteiger partial charge in [0, 0.05) is 21.9 Å². The van der Waals surface area contributed by atoms with E-state index in [2.05, 4.69) is 25.9 Å². The largest absolute Gasteiger partial charge is 0.339 e. The topological polar surface area (TPSA) is 45.8 Å². The van der Waals surface area contributed by atoms with Gasteiger partial charge in [0.2, 0.25) is 0 Å². The summed E-state index contributed by atoms with van der Waals surface area (Å²) >= 11 is 9.04. The molecule has 90 valence electrons. The first-order chi connectivity index (χ1) is 8.69. The number of Topliss-reactive ketones (excluding diaryl/α,β-unsaturated/α-hetero) is 1. The maximum Gasteiger partial charge on any atom is 0.173 e. The SMILES string of the molecule is O=C(CBr)c1ccc2[nH]c3nc(Cl)ccc3c2c1. The second kappa shape index (κ2) is 4.37. The van der Waals surface area contributed by atoms with E-state index in [0.717, 1.165) is 21.9 Å². The predicted molar refractivity (Wildman–Crippen MR) is 76.7 cm³/mol. The van der Waals surface area contributed by atoms with Gasteiger partial charge >= 0.3 is 0 Å². The van der Waals surface area contributed by atoms with E-state index in [1.165, 1.54) is 0 Å². The van der Waals surface area contributed by atoms with Crippen molar-refractivity contribution in [3.63, 3.8) is 0 Å². The van der Waals surface area contributed by atoms with E-state index in [0.29, 0.717) is 16.0 Å². The molecular formula is C13H8BrClN2O. The van der Waals surface area contributed by atoms with Crippen LogP contribution in [-0.4, -0.2) is 21.1 Å². The van der Waals surface area contributed by atoms with Gasteiger partial charge in [0.15, 0.2) is 5.78 Å². The van der Waals surface area contributed by atoms with E-state index in [-0.39, 0.29) is 5.78 Å². The Balaban J connectivity index is 2.32. The third kappa shape index (κ3) is 1.82. The number of pyridine rings is 1. The van der Waals surface area contributed by atoms with Crippen LogP contribution in [-0.2, 0) is 0 Å². The second-order valence-corrected chi connectivity index (χ2v) is 4.92. The highest BCUT2D eigenvalue weighted by Gasteiger charge is 2.09. The fourth-order valence-corrected chi connectivity index (χ4v) is 2.47. The first-order valence-corrected chi connectivity index (χ1v) is 6.86. The number of carbonyl (C=O) groups is 1. The van der Waals surface area contributed by atoms with Crippen LogP contribution in [0.4, 0.5) is 0 Å². The van der Waals surface area contributed by atoms with Crippen molar-refractivity contribution in [1.29, 1.82) is 0 Å². The molecule has 0 fully saturated rings. The lowest BCUT2D eigenvalue weighted by Crippen LogP contribution is -1.98. The fourth-order valence-electron chi connectivity index (χ4n) is 2.00. The number of benzene rings is 1. The highest BCUT2D eigenvalue weighted by Crippen LogP contribution is 2.26. The summed E-state index contributed by atoms with van der Waals surface area (Å²) in [6.07, 6.45) is 0. The van der Waals surface area contributed by atoms with E-state index in [1.807, 2.05) is 24.3 Å². The molecule has 0 unspecified atom stereocenters. The third-order valence-corrected chi connectivity index (χ3v) is 3.59. The van der Waals surface area contributed by atoms with Crippen LogP contribution in [0.3, 0.4) is 0 Å². The average molecular weight is 324 g/mol. The van der Waals surface area contributed by atoms with Crippen molar-refractivity contribution >= 4 is 55.3 Å². The lowest BCUT2D eigenvalue weighted by molar-refractivity contribution is 0.102. The molecule has 0 atom stereocenters. The predicted octanol–water partition coefficient (Wildman–Crippen LogP) is 3.95. The van der Waals surface area contributed by atoms with Crippen molar-refractivity contribution < 1.29 is 4.79 Å². The number of nitrogens with one attached hydrogen (secondary N) is 1. The maximum atomic E-state index is 11.7. The summed E-state index contributed by atoms with van der Waals surface area (Å²) in [4.78, 5) is 19.1. The van der Waals surface area contributed by atoms with Gasteiger partial charge in [-0.1, -0.05) is 27.5 Å². The van der Waals surface area contributed by atoms with Crippen LogP contribution in [0, 0.1) is 0 Å². The van der Waals surface area contributed by atoms with Gasteiger partial charge in [0.1, 0.15) is 10.8 Å². The van der Waals surface area contributed by atoms with Gasteiger partial charge in [-0.25, -0.2) is 4.98 Å². The van der Waals surface area contributed by atoms with Crippen molar-refractivity contribution in [3.05, 3.63) is 41.0 Å². The van der Waals surface area contributed by atoms with Crippen LogP contribution in [0.5, 0.6) is 0 Å². The zero-order chi connectivity index (χ0) is 12.7. The lowest BCUT2D eigenvalue weighted by atomic mass is 10.1. The highest BCUT2D eigenvalue weighted by molar-refractivity contribution is 9.09. The van der Waals surface area contributed by atoms with Crippen molar-refractivity contribution in [2.75, 3.05) is 5.33 Å². The van der Waals surface area contributed by atoms with E-state index < -0.39 is 0 Å². The van der Waals surface area contributed by atoms with Crippen LogP contribution in [0.15, 0.2) is 30.3 Å². The van der Waals surface area contributed by atoms with Crippen LogP contribution in [0.25, 0.3) is 21.9 Å². The summed E-state index contributed by atoms with van der Waals surface area (Å²) < 4.78 is 0. The minimum Gasteiger partial charge on any atom is -0.339 e. The Morgan fingerprint density at radius 1 is 1.28 bits per heavy atom. The van der Waals surface area contributed by atoms with Crippen molar-refractivity contribution in [1.82, 2.24) is 9.97 Å². The quantitative estimate of drug-likeness (QED) is 0.441. The van der Waals surface area contributed by atoms with Crippen molar-refractivity contribution in [2.45, 2.75) is 0 Å². The molecule has 0 saturated carbocycles. The van der Waals surface area contributed by atoms with Crippen LogP contribution >= 0.6 is 27.5 Å². The summed E-state index contributed by atoms with van der Waals surface area (Å²) in [5, 5.41) is 2.73. The van der Waals surface area contributed by atoms with E-state index in [9.17, 15) is 4.79 Å². The number of halogens is 2. The molecule has 2 heterocycles. The Kier molecular flexibility index (Phi) is 2.84. The maximum absolute atomic E-state index is 11.7. The zero-order valence-electron chi connectivity index (χ0n) is 9.21. The smallest absolute Gasteiger partial charge is 0.173 e. The van der Waals surface area contributed by atoms with Gasteiger partial charge in [-0.3, -0.25) is 4.79 Å².